The van der Waals surface area contributed by atoms with Crippen molar-refractivity contribution in [3.63, 3.8) is 0 Å². The van der Waals surface area contributed by atoms with E-state index in [1.54, 1.807) is 0 Å². The van der Waals surface area contributed by atoms with E-state index in [0.29, 0.717) is 5.92 Å². The molecule has 0 amide bonds. The molecule has 1 heterocycles. The maximum absolute atomic E-state index is 5.98. The molecule has 2 unspecified atom stereocenters. The fourth-order valence-corrected chi connectivity index (χ4v) is 4.04. The van der Waals surface area contributed by atoms with Crippen LogP contribution in [0.3, 0.4) is 0 Å². The maximum Gasteiger partial charge on any atom is 0.126 e. The summed E-state index contributed by atoms with van der Waals surface area (Å²) in [6.45, 7) is 5.43. The molecule has 2 aliphatic rings. The lowest BCUT2D eigenvalue weighted by Crippen LogP contribution is -2.27. The average molecular weight is 287 g/mol. The number of hydrogen-bond donors (Lipinski definition) is 1. The second-order valence-electron chi connectivity index (χ2n) is 6.64. The van der Waals surface area contributed by atoms with Crippen molar-refractivity contribution in [3.05, 3.63) is 29.3 Å². The highest BCUT2D eigenvalue weighted by atomic mass is 16.5. The Bertz CT molecular complexity index is 457. The Kier molecular flexibility index (Phi) is 5.18. The van der Waals surface area contributed by atoms with Crippen LogP contribution in [-0.2, 0) is 6.42 Å². The van der Waals surface area contributed by atoms with Gasteiger partial charge in [0, 0.05) is 6.42 Å². The molecule has 1 aromatic rings. The first-order valence-corrected chi connectivity index (χ1v) is 8.85. The van der Waals surface area contributed by atoms with E-state index in [1.807, 2.05) is 0 Å². The monoisotopic (exact) mass is 287 g/mol. The molecule has 1 aliphatic carbocycles. The van der Waals surface area contributed by atoms with Crippen LogP contribution in [0, 0.1) is 5.92 Å². The van der Waals surface area contributed by atoms with Crippen LogP contribution in [0.1, 0.15) is 62.5 Å². The minimum atomic E-state index is 0.685. The molecular weight excluding hydrogens is 258 g/mol. The van der Waals surface area contributed by atoms with Crippen LogP contribution in [0.25, 0.3) is 0 Å². The van der Waals surface area contributed by atoms with E-state index in [-0.39, 0.29) is 0 Å². The summed E-state index contributed by atoms with van der Waals surface area (Å²) in [6, 6.07) is 6.81. The second kappa shape index (κ2) is 7.31. The molecule has 21 heavy (non-hydrogen) atoms. The van der Waals surface area contributed by atoms with Gasteiger partial charge in [0.1, 0.15) is 5.75 Å². The van der Waals surface area contributed by atoms with Gasteiger partial charge in [0.15, 0.2) is 0 Å². The number of para-hydroxylation sites is 1. The Morgan fingerprint density at radius 1 is 1.19 bits per heavy atom. The van der Waals surface area contributed by atoms with Crippen LogP contribution >= 0.6 is 0 Å². The summed E-state index contributed by atoms with van der Waals surface area (Å²) in [5.41, 5.74) is 2.92. The lowest BCUT2D eigenvalue weighted by Gasteiger charge is -2.27. The van der Waals surface area contributed by atoms with Crippen molar-refractivity contribution in [2.75, 3.05) is 19.7 Å². The summed E-state index contributed by atoms with van der Waals surface area (Å²) in [7, 11) is 0. The molecule has 0 saturated heterocycles. The van der Waals surface area contributed by atoms with Crippen LogP contribution < -0.4 is 10.1 Å². The topological polar surface area (TPSA) is 21.3 Å². The van der Waals surface area contributed by atoms with Gasteiger partial charge in [-0.2, -0.15) is 0 Å². The van der Waals surface area contributed by atoms with E-state index in [4.69, 9.17) is 4.74 Å². The Labute approximate surface area is 129 Å². The Balaban J connectivity index is 1.80. The molecule has 0 spiro atoms. The molecule has 1 aliphatic heterocycles. The summed E-state index contributed by atoms with van der Waals surface area (Å²) in [5.74, 6) is 2.68. The van der Waals surface area contributed by atoms with E-state index in [2.05, 4.69) is 30.4 Å². The third-order valence-electron chi connectivity index (χ3n) is 5.14. The molecule has 116 valence electrons. The maximum atomic E-state index is 5.98. The predicted molar refractivity (Wildman–Crippen MR) is 88.1 cm³/mol. The van der Waals surface area contributed by atoms with Gasteiger partial charge in [0.25, 0.3) is 0 Å². The zero-order chi connectivity index (χ0) is 14.5. The van der Waals surface area contributed by atoms with Crippen LogP contribution in [0.5, 0.6) is 5.75 Å². The van der Waals surface area contributed by atoms with E-state index < -0.39 is 0 Å². The van der Waals surface area contributed by atoms with Crippen LogP contribution in [0.4, 0.5) is 0 Å². The van der Waals surface area contributed by atoms with Crippen LogP contribution in [0.15, 0.2) is 18.2 Å². The molecule has 3 rings (SSSR count). The number of hydrogen-bond acceptors (Lipinski definition) is 2. The van der Waals surface area contributed by atoms with E-state index in [0.717, 1.165) is 25.5 Å². The van der Waals surface area contributed by atoms with Crippen molar-refractivity contribution in [2.24, 2.45) is 5.92 Å². The summed E-state index contributed by atoms with van der Waals surface area (Å²) in [5, 5.41) is 3.66. The highest BCUT2D eigenvalue weighted by Crippen LogP contribution is 2.42. The number of benzene rings is 1. The molecule has 1 fully saturated rings. The van der Waals surface area contributed by atoms with E-state index in [9.17, 15) is 0 Å². The Morgan fingerprint density at radius 2 is 2.10 bits per heavy atom. The fraction of sp³-hybridized carbons (Fsp3) is 0.684. The van der Waals surface area contributed by atoms with Gasteiger partial charge in [-0.05, 0) is 55.3 Å². The SMILES string of the molecule is CCCNCC1CCCCCC1c1cccc2c1OCC2. The van der Waals surface area contributed by atoms with Crippen molar-refractivity contribution < 1.29 is 4.74 Å². The van der Waals surface area contributed by atoms with Crippen LogP contribution in [-0.4, -0.2) is 19.7 Å². The van der Waals surface area contributed by atoms with Crippen molar-refractivity contribution in [1.29, 1.82) is 0 Å². The first-order valence-electron chi connectivity index (χ1n) is 8.85. The second-order valence-corrected chi connectivity index (χ2v) is 6.64. The number of rotatable bonds is 5. The van der Waals surface area contributed by atoms with Gasteiger partial charge in [-0.25, -0.2) is 0 Å². The highest BCUT2D eigenvalue weighted by molar-refractivity contribution is 5.46. The highest BCUT2D eigenvalue weighted by Gasteiger charge is 2.29. The lowest BCUT2D eigenvalue weighted by atomic mass is 9.81. The van der Waals surface area contributed by atoms with Crippen molar-refractivity contribution >= 4 is 0 Å². The van der Waals surface area contributed by atoms with Gasteiger partial charge in [-0.3, -0.25) is 0 Å². The van der Waals surface area contributed by atoms with Gasteiger partial charge < -0.3 is 10.1 Å². The predicted octanol–water partition coefficient (Wildman–Crippen LogP) is 4.29. The lowest BCUT2D eigenvalue weighted by molar-refractivity contribution is 0.332. The standard InChI is InChI=1S/C19H29NO/c1-2-12-20-14-16-7-4-3-5-9-17(16)18-10-6-8-15-11-13-21-19(15)18/h6,8,10,16-17,20H,2-5,7,9,11-14H2,1H3. The van der Waals surface area contributed by atoms with Gasteiger partial charge in [-0.1, -0.05) is 44.4 Å². The Hall–Kier alpha value is -1.02. The Morgan fingerprint density at radius 3 is 3.00 bits per heavy atom. The zero-order valence-corrected chi connectivity index (χ0v) is 13.4. The summed E-state index contributed by atoms with van der Waals surface area (Å²) in [4.78, 5) is 0. The number of fused-ring (bicyclic) bond motifs is 1. The normalized spacial score (nSPS) is 25.2. The molecule has 1 N–H and O–H groups in total. The average Bonchev–Trinajstić information content (AvgIpc) is 2.87. The number of ether oxygens (including phenoxy) is 1. The minimum Gasteiger partial charge on any atom is -0.493 e. The molecule has 0 aromatic heterocycles. The molecule has 1 saturated carbocycles. The molecule has 2 nitrogen and oxygen atoms in total. The third kappa shape index (κ3) is 3.42. The first kappa shape index (κ1) is 14.9. The molecule has 1 aromatic carbocycles. The van der Waals surface area contributed by atoms with Crippen molar-refractivity contribution in [1.82, 2.24) is 5.32 Å². The van der Waals surface area contributed by atoms with Crippen LogP contribution in [0.2, 0.25) is 0 Å². The molecule has 0 radical (unpaired) electrons. The fourth-order valence-electron chi connectivity index (χ4n) is 4.04. The van der Waals surface area contributed by atoms with Gasteiger partial charge in [-0.15, -0.1) is 0 Å². The molecule has 2 heteroatoms. The largest absolute Gasteiger partial charge is 0.493 e. The van der Waals surface area contributed by atoms with Gasteiger partial charge in [0.2, 0.25) is 0 Å². The zero-order valence-electron chi connectivity index (χ0n) is 13.4. The molecule has 2 atom stereocenters. The summed E-state index contributed by atoms with van der Waals surface area (Å²) in [6.07, 6.45) is 9.18. The van der Waals surface area contributed by atoms with E-state index in [1.165, 1.54) is 61.9 Å². The van der Waals surface area contributed by atoms with Gasteiger partial charge >= 0.3 is 0 Å². The molecular formula is C19H29NO. The first-order chi connectivity index (χ1) is 10.4. The number of nitrogens with one attached hydrogen (secondary N) is 1. The summed E-state index contributed by atoms with van der Waals surface area (Å²) < 4.78 is 5.98. The van der Waals surface area contributed by atoms with E-state index >= 15 is 0 Å². The minimum absolute atomic E-state index is 0.685. The van der Waals surface area contributed by atoms with Crippen molar-refractivity contribution in [3.8, 4) is 5.75 Å². The third-order valence-corrected chi connectivity index (χ3v) is 5.14. The summed E-state index contributed by atoms with van der Waals surface area (Å²) >= 11 is 0. The molecule has 0 bridgehead atoms. The quantitative estimate of drug-likeness (QED) is 0.644. The smallest absolute Gasteiger partial charge is 0.126 e. The van der Waals surface area contributed by atoms with Gasteiger partial charge in [0.05, 0.1) is 6.61 Å². The van der Waals surface area contributed by atoms with Crippen molar-refractivity contribution in [2.45, 2.75) is 57.8 Å².